The Labute approximate surface area is 183 Å². The number of carbonyl (C=O) groups excluding carboxylic acids is 1. The van der Waals surface area contributed by atoms with E-state index < -0.39 is 22.8 Å². The van der Waals surface area contributed by atoms with Crippen LogP contribution in [0.5, 0.6) is 5.75 Å². The highest BCUT2D eigenvalue weighted by Crippen LogP contribution is 2.33. The second kappa shape index (κ2) is 8.00. The first-order valence-corrected chi connectivity index (χ1v) is 10.1. The van der Waals surface area contributed by atoms with Gasteiger partial charge in [-0.15, -0.1) is 0 Å². The fourth-order valence-corrected chi connectivity index (χ4v) is 3.48. The first kappa shape index (κ1) is 21.4. The third-order valence-corrected chi connectivity index (χ3v) is 4.81. The zero-order chi connectivity index (χ0) is 23.0. The van der Waals surface area contributed by atoms with Crippen LogP contribution >= 0.6 is 0 Å². The minimum Gasteiger partial charge on any atom is -0.481 e. The zero-order valence-electron chi connectivity index (χ0n) is 18.2. The average molecular weight is 434 g/mol. The smallest absolute Gasteiger partial charge is 0.344 e. The van der Waals surface area contributed by atoms with Gasteiger partial charge in [0, 0.05) is 28.0 Å². The zero-order valence-corrected chi connectivity index (χ0v) is 18.2. The van der Waals surface area contributed by atoms with Crippen LogP contribution in [0.3, 0.4) is 0 Å². The van der Waals surface area contributed by atoms with Crippen LogP contribution < -0.4 is 16.0 Å². The highest BCUT2D eigenvalue weighted by atomic mass is 16.6. The Hall–Kier alpha value is -3.87. The Kier molecular flexibility index (Phi) is 5.34. The van der Waals surface area contributed by atoms with E-state index in [4.69, 9.17) is 18.3 Å². The van der Waals surface area contributed by atoms with Gasteiger partial charge in [-0.1, -0.05) is 18.2 Å². The number of benzene rings is 2. The number of para-hydroxylation sites is 1. The van der Waals surface area contributed by atoms with Crippen LogP contribution in [0.4, 0.5) is 0 Å². The van der Waals surface area contributed by atoms with Crippen LogP contribution in [0.15, 0.2) is 67.0 Å². The van der Waals surface area contributed by atoms with Gasteiger partial charge in [-0.2, -0.15) is 0 Å². The van der Waals surface area contributed by atoms with E-state index in [1.54, 1.807) is 58.0 Å². The van der Waals surface area contributed by atoms with E-state index in [2.05, 4.69) is 0 Å². The molecule has 0 saturated carbocycles. The molecule has 0 aliphatic carbocycles. The lowest BCUT2D eigenvalue weighted by Gasteiger charge is -2.19. The summed E-state index contributed by atoms with van der Waals surface area (Å²) in [5.41, 5.74) is 0.105. The van der Waals surface area contributed by atoms with E-state index in [1.807, 2.05) is 12.1 Å². The summed E-state index contributed by atoms with van der Waals surface area (Å²) in [4.78, 5) is 37.0. The monoisotopic (exact) mass is 434 g/mol. The maximum atomic E-state index is 12.7. The molecule has 4 aromatic rings. The fourth-order valence-electron chi connectivity index (χ4n) is 3.48. The molecule has 2 aromatic heterocycles. The molecule has 0 atom stereocenters. The summed E-state index contributed by atoms with van der Waals surface area (Å²) in [6.07, 6.45) is 0. The molecule has 2 heterocycles. The molecule has 0 aliphatic heterocycles. The van der Waals surface area contributed by atoms with Gasteiger partial charge in [0.15, 0.2) is 6.61 Å². The van der Waals surface area contributed by atoms with E-state index >= 15 is 0 Å². The van der Waals surface area contributed by atoms with E-state index in [0.29, 0.717) is 27.8 Å². The van der Waals surface area contributed by atoms with Crippen LogP contribution in [0.2, 0.25) is 0 Å². The topological polar surface area (TPSA) is 96.0 Å². The van der Waals surface area contributed by atoms with E-state index in [9.17, 15) is 14.4 Å². The van der Waals surface area contributed by atoms with Crippen molar-refractivity contribution in [3.8, 4) is 16.9 Å². The van der Waals surface area contributed by atoms with Crippen LogP contribution in [0.1, 0.15) is 26.3 Å². The molecular formula is C25H22O7. The summed E-state index contributed by atoms with van der Waals surface area (Å²) in [6.45, 7) is 6.73. The van der Waals surface area contributed by atoms with Crippen molar-refractivity contribution in [1.29, 1.82) is 0 Å². The Morgan fingerprint density at radius 2 is 1.72 bits per heavy atom. The first-order valence-electron chi connectivity index (χ1n) is 10.1. The highest BCUT2D eigenvalue weighted by molar-refractivity contribution is 5.97. The third kappa shape index (κ3) is 4.27. The van der Waals surface area contributed by atoms with Gasteiger partial charge in [0.05, 0.1) is 5.56 Å². The van der Waals surface area contributed by atoms with Gasteiger partial charge in [-0.25, -0.2) is 14.4 Å². The van der Waals surface area contributed by atoms with Crippen molar-refractivity contribution in [2.24, 2.45) is 0 Å². The molecule has 0 spiro atoms. The molecule has 0 radical (unpaired) electrons. The standard InChI is InChI=1S/C25H22O7/c1-14-19(29-13-22(27)32-25(2,3)4)10-9-16-17(12-21(26)31-23(14)16)18-11-15-7-5-6-8-20(15)30-24(18)28/h5-12H,13H2,1-4H3. The molecule has 2 aromatic carbocycles. The number of fused-ring (bicyclic) bond motifs is 2. The second-order valence-corrected chi connectivity index (χ2v) is 8.40. The van der Waals surface area contributed by atoms with Crippen LogP contribution in [-0.2, 0) is 9.53 Å². The minimum atomic E-state index is -0.623. The number of hydrogen-bond acceptors (Lipinski definition) is 7. The molecule has 0 aliphatic rings. The number of carbonyl (C=O) groups is 1. The molecule has 32 heavy (non-hydrogen) atoms. The molecule has 0 unspecified atom stereocenters. The van der Waals surface area contributed by atoms with Gasteiger partial charge in [0.25, 0.3) is 0 Å². The molecular weight excluding hydrogens is 412 g/mol. The molecule has 0 N–H and O–H groups in total. The van der Waals surface area contributed by atoms with Crippen molar-refractivity contribution in [1.82, 2.24) is 0 Å². The quantitative estimate of drug-likeness (QED) is 0.342. The maximum absolute atomic E-state index is 12.7. The minimum absolute atomic E-state index is 0.253. The fraction of sp³-hybridized carbons (Fsp3) is 0.240. The number of ether oxygens (including phenoxy) is 2. The molecule has 4 rings (SSSR count). The summed E-state index contributed by atoms with van der Waals surface area (Å²) in [6, 6.07) is 13.4. The van der Waals surface area contributed by atoms with Gasteiger partial charge >= 0.3 is 17.2 Å². The predicted molar refractivity (Wildman–Crippen MR) is 120 cm³/mol. The Morgan fingerprint density at radius 3 is 2.47 bits per heavy atom. The lowest BCUT2D eigenvalue weighted by Crippen LogP contribution is -2.27. The summed E-state index contributed by atoms with van der Waals surface area (Å²) < 4.78 is 21.7. The lowest BCUT2D eigenvalue weighted by atomic mass is 10.0. The average Bonchev–Trinajstić information content (AvgIpc) is 2.71. The SMILES string of the molecule is Cc1c(OCC(=O)OC(C)(C)C)ccc2c(-c3cc4ccccc4oc3=O)cc(=O)oc12. The van der Waals surface area contributed by atoms with Crippen LogP contribution in [-0.4, -0.2) is 18.2 Å². The molecule has 164 valence electrons. The van der Waals surface area contributed by atoms with Crippen molar-refractivity contribution in [2.45, 2.75) is 33.3 Å². The lowest BCUT2D eigenvalue weighted by molar-refractivity contribution is -0.157. The molecule has 0 bridgehead atoms. The number of aryl methyl sites for hydroxylation is 1. The van der Waals surface area contributed by atoms with Gasteiger partial charge < -0.3 is 18.3 Å². The van der Waals surface area contributed by atoms with E-state index in [1.165, 1.54) is 6.07 Å². The van der Waals surface area contributed by atoms with Crippen molar-refractivity contribution in [3.63, 3.8) is 0 Å². The highest BCUT2D eigenvalue weighted by Gasteiger charge is 2.19. The van der Waals surface area contributed by atoms with Crippen molar-refractivity contribution < 1.29 is 23.1 Å². The van der Waals surface area contributed by atoms with Crippen molar-refractivity contribution in [3.05, 3.63) is 74.9 Å². The van der Waals surface area contributed by atoms with E-state index in [-0.39, 0.29) is 17.8 Å². The van der Waals surface area contributed by atoms with Crippen LogP contribution in [0, 0.1) is 6.92 Å². The largest absolute Gasteiger partial charge is 0.481 e. The summed E-state index contributed by atoms with van der Waals surface area (Å²) in [5.74, 6) is -0.143. The van der Waals surface area contributed by atoms with Gasteiger partial charge in [0.1, 0.15) is 22.5 Å². The van der Waals surface area contributed by atoms with Crippen molar-refractivity contribution >= 4 is 27.9 Å². The molecule has 7 nitrogen and oxygen atoms in total. The summed E-state index contributed by atoms with van der Waals surface area (Å²) in [5, 5.41) is 1.28. The van der Waals surface area contributed by atoms with Gasteiger partial charge in [-0.3, -0.25) is 0 Å². The van der Waals surface area contributed by atoms with Crippen molar-refractivity contribution in [2.75, 3.05) is 6.61 Å². The van der Waals surface area contributed by atoms with Gasteiger partial charge in [0.2, 0.25) is 0 Å². The Morgan fingerprint density at radius 1 is 0.969 bits per heavy atom. The Balaban J connectivity index is 1.78. The summed E-state index contributed by atoms with van der Waals surface area (Å²) in [7, 11) is 0. The molecule has 0 saturated heterocycles. The number of esters is 1. The molecule has 7 heteroatoms. The molecule has 0 amide bonds. The third-order valence-electron chi connectivity index (χ3n) is 4.81. The normalized spacial score (nSPS) is 11.6. The van der Waals surface area contributed by atoms with Gasteiger partial charge in [-0.05, 0) is 52.0 Å². The van der Waals surface area contributed by atoms with E-state index in [0.717, 1.165) is 5.39 Å². The maximum Gasteiger partial charge on any atom is 0.344 e. The first-order chi connectivity index (χ1) is 15.1. The summed E-state index contributed by atoms with van der Waals surface area (Å²) >= 11 is 0. The second-order valence-electron chi connectivity index (χ2n) is 8.40. The predicted octanol–water partition coefficient (Wildman–Crippen LogP) is 4.60. The number of rotatable bonds is 4. The van der Waals surface area contributed by atoms with Crippen LogP contribution in [0.25, 0.3) is 33.1 Å². The Bertz CT molecular complexity index is 1450. The molecule has 0 fully saturated rings. The number of hydrogen-bond donors (Lipinski definition) is 0.